The highest BCUT2D eigenvalue weighted by atomic mass is 16.4. The number of carbonyl (C=O) groups excluding carboxylic acids is 3. The quantitative estimate of drug-likeness (QED) is 0.416. The number of carboxylic acid groups (broad SMARTS) is 2. The molecule has 62 valence electrons. The minimum atomic E-state index is -2.08. The normalized spacial score (nSPS) is 12.1. The topological polar surface area (TPSA) is 118 Å². The lowest BCUT2D eigenvalue weighted by Gasteiger charge is -2.09. The van der Waals surface area contributed by atoms with Gasteiger partial charge in [0.1, 0.15) is 12.1 Å². The summed E-state index contributed by atoms with van der Waals surface area (Å²) in [6.45, 7) is 0. The molecule has 11 heavy (non-hydrogen) atoms. The standard InChI is InChI=1S/C5H6O6/c6-2(4(8)9)1-3(7)5(10)11/h2,6H,1H2,(H,8,9)(H,10,11)/p-2. The predicted octanol–water partition coefficient (Wildman–Crippen LogP) is -4.19. The molecule has 0 aliphatic heterocycles. The third kappa shape index (κ3) is 3.31. The molecular weight excluding hydrogens is 156 g/mol. The van der Waals surface area contributed by atoms with Crippen LogP contribution >= 0.6 is 0 Å². The molecule has 0 saturated heterocycles. The summed E-state index contributed by atoms with van der Waals surface area (Å²) in [4.78, 5) is 29.5. The van der Waals surface area contributed by atoms with E-state index in [1.165, 1.54) is 0 Å². The smallest absolute Gasteiger partial charge is 0.181 e. The van der Waals surface area contributed by atoms with Crippen molar-refractivity contribution in [1.29, 1.82) is 0 Å². The SMILES string of the molecule is O=C([O-])C(=O)CC(O)C(=O)[O-]. The fourth-order valence-electron chi connectivity index (χ4n) is 0.342. The Morgan fingerprint density at radius 3 is 2.00 bits per heavy atom. The van der Waals surface area contributed by atoms with E-state index < -0.39 is 30.2 Å². The molecule has 0 radical (unpaired) electrons. The molecule has 0 aromatic heterocycles. The number of aliphatic hydroxyl groups excluding tert-OH is 1. The fraction of sp³-hybridized carbons (Fsp3) is 0.400. The molecule has 0 aromatic carbocycles. The molecule has 1 atom stereocenters. The average Bonchev–Trinajstić information content (AvgIpc) is 1.87. The molecule has 1 N–H and O–H groups in total. The Kier molecular flexibility index (Phi) is 3.19. The van der Waals surface area contributed by atoms with Crippen LogP contribution in [0.25, 0.3) is 0 Å². The first-order valence-electron chi connectivity index (χ1n) is 2.58. The average molecular weight is 160 g/mol. The van der Waals surface area contributed by atoms with Crippen LogP contribution in [0.3, 0.4) is 0 Å². The molecule has 0 bridgehead atoms. The summed E-state index contributed by atoms with van der Waals surface area (Å²) in [5, 5.41) is 27.8. The van der Waals surface area contributed by atoms with Gasteiger partial charge in [-0.3, -0.25) is 4.79 Å². The van der Waals surface area contributed by atoms with Gasteiger partial charge in [-0.15, -0.1) is 0 Å². The van der Waals surface area contributed by atoms with Gasteiger partial charge in [0, 0.05) is 6.42 Å². The van der Waals surface area contributed by atoms with Crippen LogP contribution in [0.5, 0.6) is 0 Å². The van der Waals surface area contributed by atoms with Crippen molar-refractivity contribution in [3.63, 3.8) is 0 Å². The maximum atomic E-state index is 10.1. The molecule has 0 amide bonds. The van der Waals surface area contributed by atoms with Crippen LogP contribution < -0.4 is 10.2 Å². The highest BCUT2D eigenvalue weighted by molar-refractivity contribution is 6.32. The van der Waals surface area contributed by atoms with Crippen molar-refractivity contribution in [2.45, 2.75) is 12.5 Å². The Morgan fingerprint density at radius 1 is 1.27 bits per heavy atom. The van der Waals surface area contributed by atoms with Gasteiger partial charge < -0.3 is 24.9 Å². The van der Waals surface area contributed by atoms with Gasteiger partial charge in [0.25, 0.3) is 0 Å². The number of rotatable bonds is 4. The number of aliphatic carboxylic acids is 2. The lowest BCUT2D eigenvalue weighted by Crippen LogP contribution is -2.40. The van der Waals surface area contributed by atoms with E-state index in [0.29, 0.717) is 0 Å². The molecule has 6 nitrogen and oxygen atoms in total. The van der Waals surface area contributed by atoms with Crippen LogP contribution in [0.2, 0.25) is 0 Å². The van der Waals surface area contributed by atoms with Gasteiger partial charge >= 0.3 is 0 Å². The Morgan fingerprint density at radius 2 is 1.73 bits per heavy atom. The highest BCUT2D eigenvalue weighted by Crippen LogP contribution is 1.90. The van der Waals surface area contributed by atoms with Crippen LogP contribution in [0.15, 0.2) is 0 Å². The first-order chi connectivity index (χ1) is 4.95. The molecule has 0 aliphatic rings. The molecule has 0 rings (SSSR count). The number of carboxylic acids is 2. The second kappa shape index (κ2) is 3.67. The van der Waals surface area contributed by atoms with Crippen LogP contribution in [-0.4, -0.2) is 28.9 Å². The number of hydrogen-bond acceptors (Lipinski definition) is 6. The summed E-state index contributed by atoms with van der Waals surface area (Å²) in [5.74, 6) is -5.38. The van der Waals surface area contributed by atoms with Crippen molar-refractivity contribution >= 4 is 17.7 Å². The largest absolute Gasteiger partial charge is 0.547 e. The molecule has 1 unspecified atom stereocenters. The molecule has 0 saturated carbocycles. The van der Waals surface area contributed by atoms with E-state index >= 15 is 0 Å². The first-order valence-corrected chi connectivity index (χ1v) is 2.58. The Hall–Kier alpha value is -1.43. The second-order valence-corrected chi connectivity index (χ2v) is 1.75. The van der Waals surface area contributed by atoms with Crippen LogP contribution in [0.1, 0.15) is 6.42 Å². The zero-order chi connectivity index (χ0) is 9.02. The van der Waals surface area contributed by atoms with Gasteiger partial charge in [-0.05, 0) is 0 Å². The van der Waals surface area contributed by atoms with Crippen molar-refractivity contribution in [2.75, 3.05) is 0 Å². The van der Waals surface area contributed by atoms with E-state index in [2.05, 4.69) is 0 Å². The summed E-state index contributed by atoms with van der Waals surface area (Å²) in [6.07, 6.45) is -3.11. The van der Waals surface area contributed by atoms with Gasteiger partial charge in [-0.1, -0.05) is 0 Å². The number of ketones is 1. The predicted molar refractivity (Wildman–Crippen MR) is 25.6 cm³/mol. The molecular formula is C5H4O6-2. The number of carbonyl (C=O) groups is 3. The Balaban J connectivity index is 3.95. The molecule has 0 spiro atoms. The molecule has 0 fully saturated rings. The Bertz CT molecular complexity index is 195. The van der Waals surface area contributed by atoms with Gasteiger partial charge in [-0.2, -0.15) is 0 Å². The summed E-state index contributed by atoms with van der Waals surface area (Å²) in [6, 6.07) is 0. The van der Waals surface area contributed by atoms with Gasteiger partial charge in [0.2, 0.25) is 0 Å². The Labute approximate surface area is 61.1 Å². The van der Waals surface area contributed by atoms with Crippen LogP contribution in [-0.2, 0) is 14.4 Å². The molecule has 0 heterocycles. The van der Waals surface area contributed by atoms with Crippen molar-refractivity contribution in [2.24, 2.45) is 0 Å². The van der Waals surface area contributed by atoms with Crippen LogP contribution in [0.4, 0.5) is 0 Å². The zero-order valence-corrected chi connectivity index (χ0v) is 5.27. The van der Waals surface area contributed by atoms with Crippen molar-refractivity contribution < 1.29 is 29.7 Å². The fourth-order valence-corrected chi connectivity index (χ4v) is 0.342. The maximum absolute atomic E-state index is 10.1. The monoisotopic (exact) mass is 160 g/mol. The third-order valence-electron chi connectivity index (χ3n) is 0.878. The minimum Gasteiger partial charge on any atom is -0.547 e. The van der Waals surface area contributed by atoms with E-state index in [-0.39, 0.29) is 0 Å². The lowest BCUT2D eigenvalue weighted by atomic mass is 10.2. The van der Waals surface area contributed by atoms with E-state index in [1.54, 1.807) is 0 Å². The summed E-state index contributed by atoms with van der Waals surface area (Å²) < 4.78 is 0. The molecule has 0 aliphatic carbocycles. The van der Waals surface area contributed by atoms with E-state index in [0.717, 1.165) is 0 Å². The van der Waals surface area contributed by atoms with Crippen LogP contribution in [0, 0.1) is 0 Å². The summed E-state index contributed by atoms with van der Waals surface area (Å²) in [7, 11) is 0. The maximum Gasteiger partial charge on any atom is 0.181 e. The second-order valence-electron chi connectivity index (χ2n) is 1.75. The van der Waals surface area contributed by atoms with Gasteiger partial charge in [0.05, 0.1) is 5.97 Å². The van der Waals surface area contributed by atoms with E-state index in [9.17, 15) is 24.6 Å². The molecule has 0 aromatic rings. The third-order valence-corrected chi connectivity index (χ3v) is 0.878. The number of hydrogen-bond donors (Lipinski definition) is 1. The zero-order valence-electron chi connectivity index (χ0n) is 5.27. The first kappa shape index (κ1) is 9.57. The molecule has 6 heteroatoms. The summed E-state index contributed by atoms with van der Waals surface area (Å²) >= 11 is 0. The minimum absolute atomic E-state index is 1.02. The number of aliphatic hydroxyl groups is 1. The van der Waals surface area contributed by atoms with E-state index in [4.69, 9.17) is 5.11 Å². The van der Waals surface area contributed by atoms with Gasteiger partial charge in [0.15, 0.2) is 5.78 Å². The number of Topliss-reactive ketones (excluding diaryl/α,β-unsaturated/α-hetero) is 1. The van der Waals surface area contributed by atoms with Crippen molar-refractivity contribution in [3.8, 4) is 0 Å². The van der Waals surface area contributed by atoms with Crippen molar-refractivity contribution in [3.05, 3.63) is 0 Å². The summed E-state index contributed by atoms with van der Waals surface area (Å²) in [5.41, 5.74) is 0. The highest BCUT2D eigenvalue weighted by Gasteiger charge is 2.11. The van der Waals surface area contributed by atoms with E-state index in [1.807, 2.05) is 0 Å². The van der Waals surface area contributed by atoms with Crippen molar-refractivity contribution in [1.82, 2.24) is 0 Å². The van der Waals surface area contributed by atoms with Gasteiger partial charge in [-0.25, -0.2) is 0 Å². The lowest BCUT2D eigenvalue weighted by molar-refractivity contribution is -0.315.